The largest absolute Gasteiger partial charge is 0.387 e. The first-order chi connectivity index (χ1) is 9.04. The number of aliphatic hydroxyl groups is 1. The summed E-state index contributed by atoms with van der Waals surface area (Å²) in [6.45, 7) is -0.230. The molecule has 1 aromatic carbocycles. The van der Waals surface area contributed by atoms with Crippen molar-refractivity contribution in [1.82, 2.24) is 10.6 Å². The first-order valence-corrected chi connectivity index (χ1v) is 6.51. The summed E-state index contributed by atoms with van der Waals surface area (Å²) in [6, 6.07) is 4.26. The molecule has 1 aromatic rings. The van der Waals surface area contributed by atoms with Gasteiger partial charge in [-0.05, 0) is 18.6 Å². The highest BCUT2D eigenvalue weighted by molar-refractivity contribution is 6.35. The molecule has 0 bridgehead atoms. The Hall–Kier alpha value is -1.04. The number of halogens is 3. The van der Waals surface area contributed by atoms with Gasteiger partial charge in [-0.3, -0.25) is 4.39 Å². The molecule has 1 unspecified atom stereocenters. The molecule has 1 rings (SSSR count). The molecule has 0 radical (unpaired) electrons. The lowest BCUT2D eigenvalue weighted by molar-refractivity contribution is 0.173. The summed E-state index contributed by atoms with van der Waals surface area (Å²) < 4.78 is 11.8. The van der Waals surface area contributed by atoms with Gasteiger partial charge in [0, 0.05) is 28.7 Å². The van der Waals surface area contributed by atoms with Crippen LogP contribution in [0.2, 0.25) is 10.0 Å². The Labute approximate surface area is 120 Å². The van der Waals surface area contributed by atoms with Gasteiger partial charge in [-0.15, -0.1) is 0 Å². The van der Waals surface area contributed by atoms with Crippen molar-refractivity contribution >= 4 is 29.2 Å². The van der Waals surface area contributed by atoms with E-state index < -0.39 is 18.8 Å². The molecule has 0 spiro atoms. The number of aliphatic hydroxyl groups excluding tert-OH is 1. The van der Waals surface area contributed by atoms with E-state index in [1.807, 2.05) is 0 Å². The highest BCUT2D eigenvalue weighted by atomic mass is 35.5. The molecule has 0 heterocycles. The highest BCUT2D eigenvalue weighted by Crippen LogP contribution is 2.25. The Bertz CT molecular complexity index is 432. The van der Waals surface area contributed by atoms with Crippen LogP contribution in [-0.2, 0) is 0 Å². The second-order valence-electron chi connectivity index (χ2n) is 3.86. The lowest BCUT2D eigenvalue weighted by Gasteiger charge is -2.14. The number of rotatable bonds is 6. The van der Waals surface area contributed by atoms with E-state index in [1.165, 1.54) is 6.07 Å². The third-order valence-electron chi connectivity index (χ3n) is 2.37. The van der Waals surface area contributed by atoms with E-state index in [2.05, 4.69) is 10.6 Å². The van der Waals surface area contributed by atoms with Gasteiger partial charge >= 0.3 is 6.03 Å². The number of hydrogen-bond donors (Lipinski definition) is 3. The fraction of sp³-hybridized carbons (Fsp3) is 0.417. The van der Waals surface area contributed by atoms with Gasteiger partial charge in [0.15, 0.2) is 0 Å². The van der Waals surface area contributed by atoms with Gasteiger partial charge in [0.1, 0.15) is 0 Å². The van der Waals surface area contributed by atoms with Gasteiger partial charge in [0.25, 0.3) is 0 Å². The number of alkyl halides is 1. The molecule has 7 heteroatoms. The van der Waals surface area contributed by atoms with E-state index in [0.29, 0.717) is 15.6 Å². The van der Waals surface area contributed by atoms with Crippen molar-refractivity contribution in [3.63, 3.8) is 0 Å². The van der Waals surface area contributed by atoms with Crippen LogP contribution in [0.25, 0.3) is 0 Å². The molecule has 2 amide bonds. The number of hydrogen-bond acceptors (Lipinski definition) is 2. The van der Waals surface area contributed by atoms with Gasteiger partial charge in [0.2, 0.25) is 0 Å². The summed E-state index contributed by atoms with van der Waals surface area (Å²) in [5.41, 5.74) is 0.482. The third-order valence-corrected chi connectivity index (χ3v) is 2.94. The molecule has 0 aliphatic heterocycles. The van der Waals surface area contributed by atoms with Crippen LogP contribution < -0.4 is 10.6 Å². The number of urea groups is 1. The van der Waals surface area contributed by atoms with Crippen molar-refractivity contribution in [3.05, 3.63) is 33.8 Å². The predicted molar refractivity (Wildman–Crippen MR) is 73.4 cm³/mol. The topological polar surface area (TPSA) is 61.4 Å². The lowest BCUT2D eigenvalue weighted by atomic mass is 10.1. The molecule has 0 aliphatic carbocycles. The first-order valence-electron chi connectivity index (χ1n) is 5.75. The van der Waals surface area contributed by atoms with E-state index in [0.717, 1.165) is 0 Å². The standard InChI is InChI=1S/C12H15Cl2FN2O2/c13-8-2-3-9(10(14)6-8)11(18)7-17-12(19)16-5-1-4-15/h2-3,6,11,18H,1,4-5,7H2,(H2,16,17,19). The summed E-state index contributed by atoms with van der Waals surface area (Å²) in [5.74, 6) is 0. The summed E-state index contributed by atoms with van der Waals surface area (Å²) >= 11 is 11.7. The van der Waals surface area contributed by atoms with E-state index in [-0.39, 0.29) is 19.5 Å². The van der Waals surface area contributed by atoms with E-state index >= 15 is 0 Å². The molecule has 0 fully saturated rings. The molecule has 0 saturated carbocycles. The number of benzene rings is 1. The second-order valence-corrected chi connectivity index (χ2v) is 4.70. The Morgan fingerprint density at radius 1 is 1.37 bits per heavy atom. The quantitative estimate of drug-likeness (QED) is 0.708. The van der Waals surface area contributed by atoms with Crippen LogP contribution in [0.5, 0.6) is 0 Å². The minimum atomic E-state index is -0.934. The average Bonchev–Trinajstić information content (AvgIpc) is 2.36. The molecule has 4 nitrogen and oxygen atoms in total. The molecular weight excluding hydrogens is 294 g/mol. The van der Waals surface area contributed by atoms with E-state index in [1.54, 1.807) is 12.1 Å². The van der Waals surface area contributed by atoms with E-state index in [4.69, 9.17) is 23.2 Å². The Balaban J connectivity index is 2.42. The Kier molecular flexibility index (Phi) is 6.91. The number of nitrogens with one attached hydrogen (secondary N) is 2. The first kappa shape index (κ1) is 16.0. The summed E-state index contributed by atoms with van der Waals surface area (Å²) in [4.78, 5) is 11.3. The maximum atomic E-state index is 11.8. The predicted octanol–water partition coefficient (Wildman–Crippen LogP) is 2.69. The SMILES string of the molecule is O=C(NCCCF)NCC(O)c1ccc(Cl)cc1Cl. The van der Waals surface area contributed by atoms with Crippen LogP contribution in [-0.4, -0.2) is 30.9 Å². The highest BCUT2D eigenvalue weighted by Gasteiger charge is 2.13. The van der Waals surface area contributed by atoms with Gasteiger partial charge in [0.05, 0.1) is 12.8 Å². The summed E-state index contributed by atoms with van der Waals surface area (Å²) in [5, 5.41) is 15.6. The second kappa shape index (κ2) is 8.19. The summed E-state index contributed by atoms with van der Waals surface area (Å²) in [6.07, 6.45) is -0.671. The molecule has 0 aliphatic rings. The normalized spacial score (nSPS) is 12.0. The zero-order valence-corrected chi connectivity index (χ0v) is 11.6. The maximum Gasteiger partial charge on any atom is 0.314 e. The minimum absolute atomic E-state index is 0.00279. The fourth-order valence-corrected chi connectivity index (χ4v) is 1.94. The van der Waals surface area contributed by atoms with E-state index in [9.17, 15) is 14.3 Å². The minimum Gasteiger partial charge on any atom is -0.387 e. The van der Waals surface area contributed by atoms with Gasteiger partial charge in [-0.25, -0.2) is 4.79 Å². The van der Waals surface area contributed by atoms with Crippen molar-refractivity contribution in [2.45, 2.75) is 12.5 Å². The molecule has 0 aromatic heterocycles. The average molecular weight is 309 g/mol. The maximum absolute atomic E-state index is 11.8. The molecule has 1 atom stereocenters. The van der Waals surface area contributed by atoms with Crippen LogP contribution in [0, 0.1) is 0 Å². The van der Waals surface area contributed by atoms with Crippen LogP contribution in [0.15, 0.2) is 18.2 Å². The van der Waals surface area contributed by atoms with Crippen LogP contribution >= 0.6 is 23.2 Å². The van der Waals surface area contributed by atoms with Crippen molar-refractivity contribution in [1.29, 1.82) is 0 Å². The van der Waals surface area contributed by atoms with Crippen molar-refractivity contribution < 1.29 is 14.3 Å². The molecular formula is C12H15Cl2FN2O2. The van der Waals surface area contributed by atoms with Gasteiger partial charge < -0.3 is 15.7 Å². The zero-order valence-electron chi connectivity index (χ0n) is 10.1. The third kappa shape index (κ3) is 5.63. The summed E-state index contributed by atoms with van der Waals surface area (Å²) in [7, 11) is 0. The Morgan fingerprint density at radius 2 is 2.11 bits per heavy atom. The number of amides is 2. The number of carbonyl (C=O) groups is 1. The lowest BCUT2D eigenvalue weighted by Crippen LogP contribution is -2.38. The molecule has 19 heavy (non-hydrogen) atoms. The van der Waals surface area contributed by atoms with Crippen LogP contribution in [0.1, 0.15) is 18.1 Å². The molecule has 3 N–H and O–H groups in total. The van der Waals surface area contributed by atoms with Gasteiger partial charge in [-0.2, -0.15) is 0 Å². The fourth-order valence-electron chi connectivity index (χ4n) is 1.40. The van der Waals surface area contributed by atoms with Crippen molar-refractivity contribution in [2.75, 3.05) is 19.8 Å². The van der Waals surface area contributed by atoms with Crippen molar-refractivity contribution in [2.24, 2.45) is 0 Å². The molecule has 0 saturated heterocycles. The van der Waals surface area contributed by atoms with Gasteiger partial charge in [-0.1, -0.05) is 29.3 Å². The Morgan fingerprint density at radius 3 is 2.74 bits per heavy atom. The zero-order chi connectivity index (χ0) is 14.3. The van der Waals surface area contributed by atoms with Crippen LogP contribution in [0.4, 0.5) is 9.18 Å². The monoisotopic (exact) mass is 308 g/mol. The number of carbonyl (C=O) groups excluding carboxylic acids is 1. The smallest absolute Gasteiger partial charge is 0.314 e. The molecule has 106 valence electrons. The van der Waals surface area contributed by atoms with Crippen LogP contribution in [0.3, 0.4) is 0 Å². The van der Waals surface area contributed by atoms with Crippen molar-refractivity contribution in [3.8, 4) is 0 Å².